The average molecular weight is 466 g/mol. The molecule has 0 radical (unpaired) electrons. The zero-order chi connectivity index (χ0) is 22.8. The standard InChI is InChI=1S/C21H27N3O5S2/c1-3-16-4-7-18(14-20(16)30(22,26)27)23-21(25)17-5-8-19(9-6-17)31(28,29)24-12-10-15(2)11-13-24/h4-9,14-15H,3,10-13H2,1-2H3,(H,23,25)(H2,22,26,27). The van der Waals surface area contributed by atoms with Crippen molar-refractivity contribution in [2.24, 2.45) is 11.1 Å². The van der Waals surface area contributed by atoms with Crippen LogP contribution < -0.4 is 10.5 Å². The lowest BCUT2D eigenvalue weighted by molar-refractivity contribution is 0.102. The summed E-state index contributed by atoms with van der Waals surface area (Å²) in [7, 11) is -7.52. The van der Waals surface area contributed by atoms with E-state index in [0.29, 0.717) is 31.0 Å². The highest BCUT2D eigenvalue weighted by molar-refractivity contribution is 7.89. The molecule has 1 amide bonds. The fourth-order valence-corrected chi connectivity index (χ4v) is 5.88. The summed E-state index contributed by atoms with van der Waals surface area (Å²) in [6.07, 6.45) is 2.14. The maximum Gasteiger partial charge on any atom is 0.255 e. The summed E-state index contributed by atoms with van der Waals surface area (Å²) < 4.78 is 50.7. The summed E-state index contributed by atoms with van der Waals surface area (Å²) in [4.78, 5) is 12.7. The summed E-state index contributed by atoms with van der Waals surface area (Å²) in [6, 6.07) is 10.2. The Balaban J connectivity index is 1.77. The van der Waals surface area contributed by atoms with Gasteiger partial charge in [-0.05, 0) is 67.1 Å². The van der Waals surface area contributed by atoms with Gasteiger partial charge < -0.3 is 5.32 Å². The number of primary sulfonamides is 1. The third-order valence-corrected chi connectivity index (χ3v) is 8.42. The van der Waals surface area contributed by atoms with Crippen LogP contribution in [0.5, 0.6) is 0 Å². The van der Waals surface area contributed by atoms with Gasteiger partial charge in [-0.25, -0.2) is 22.0 Å². The first kappa shape index (κ1) is 23.4. The highest BCUT2D eigenvalue weighted by atomic mass is 32.2. The SMILES string of the molecule is CCc1ccc(NC(=O)c2ccc(S(=O)(=O)N3CCC(C)CC3)cc2)cc1S(N)(=O)=O. The van der Waals surface area contributed by atoms with Gasteiger partial charge in [-0.15, -0.1) is 0 Å². The van der Waals surface area contributed by atoms with Crippen molar-refractivity contribution in [3.05, 3.63) is 53.6 Å². The second-order valence-electron chi connectivity index (χ2n) is 7.79. The number of nitrogens with zero attached hydrogens (tertiary/aromatic N) is 1. The van der Waals surface area contributed by atoms with Crippen molar-refractivity contribution >= 4 is 31.6 Å². The van der Waals surface area contributed by atoms with E-state index in [4.69, 9.17) is 5.14 Å². The van der Waals surface area contributed by atoms with Gasteiger partial charge in [0, 0.05) is 24.3 Å². The Hall–Kier alpha value is -2.27. The van der Waals surface area contributed by atoms with Crippen molar-refractivity contribution in [2.75, 3.05) is 18.4 Å². The lowest BCUT2D eigenvalue weighted by Crippen LogP contribution is -2.37. The molecule has 3 rings (SSSR count). The van der Waals surface area contributed by atoms with Crippen LogP contribution in [0.25, 0.3) is 0 Å². The molecule has 3 N–H and O–H groups in total. The molecule has 2 aromatic rings. The molecule has 1 heterocycles. The van der Waals surface area contributed by atoms with Crippen molar-refractivity contribution in [1.29, 1.82) is 0 Å². The minimum atomic E-state index is -3.93. The number of sulfonamides is 2. The van der Waals surface area contributed by atoms with E-state index in [1.807, 2.05) is 6.92 Å². The number of aryl methyl sites for hydroxylation is 1. The summed E-state index contributed by atoms with van der Waals surface area (Å²) >= 11 is 0. The Morgan fingerprint density at radius 2 is 1.68 bits per heavy atom. The van der Waals surface area contributed by atoms with Gasteiger partial charge in [0.2, 0.25) is 20.0 Å². The topological polar surface area (TPSA) is 127 Å². The third kappa shape index (κ3) is 5.32. The van der Waals surface area contributed by atoms with Crippen LogP contribution in [0.2, 0.25) is 0 Å². The average Bonchev–Trinajstić information content (AvgIpc) is 2.73. The molecule has 10 heteroatoms. The van der Waals surface area contributed by atoms with Crippen molar-refractivity contribution in [3.8, 4) is 0 Å². The predicted octanol–water partition coefficient (Wildman–Crippen LogP) is 2.57. The number of carbonyl (C=O) groups is 1. The second kappa shape index (κ2) is 9.07. The van der Waals surface area contributed by atoms with E-state index in [-0.39, 0.29) is 21.0 Å². The number of hydrogen-bond acceptors (Lipinski definition) is 5. The van der Waals surface area contributed by atoms with E-state index in [9.17, 15) is 21.6 Å². The summed E-state index contributed by atoms with van der Waals surface area (Å²) in [5.74, 6) is 0.0269. The molecular formula is C21H27N3O5S2. The Bertz CT molecular complexity index is 1170. The summed E-state index contributed by atoms with van der Waals surface area (Å²) in [5.41, 5.74) is 1.09. The molecule has 0 bridgehead atoms. The number of anilines is 1. The van der Waals surface area contributed by atoms with Gasteiger partial charge in [0.05, 0.1) is 9.79 Å². The van der Waals surface area contributed by atoms with E-state index in [2.05, 4.69) is 12.2 Å². The molecule has 31 heavy (non-hydrogen) atoms. The summed E-state index contributed by atoms with van der Waals surface area (Å²) in [5, 5.41) is 7.90. The summed E-state index contributed by atoms with van der Waals surface area (Å²) in [6.45, 7) is 4.90. The number of amides is 1. The smallest absolute Gasteiger partial charge is 0.255 e. The first-order valence-corrected chi connectivity index (χ1v) is 13.1. The quantitative estimate of drug-likeness (QED) is 0.678. The molecule has 0 atom stereocenters. The van der Waals surface area contributed by atoms with Crippen LogP contribution in [0.15, 0.2) is 52.3 Å². The molecule has 0 saturated carbocycles. The van der Waals surface area contributed by atoms with Crippen molar-refractivity contribution < 1.29 is 21.6 Å². The first-order valence-electron chi connectivity index (χ1n) is 10.1. The second-order valence-corrected chi connectivity index (χ2v) is 11.3. The molecular weight excluding hydrogens is 438 g/mol. The molecule has 1 saturated heterocycles. The highest BCUT2D eigenvalue weighted by Crippen LogP contribution is 2.24. The molecule has 0 aliphatic carbocycles. The molecule has 8 nitrogen and oxygen atoms in total. The fraction of sp³-hybridized carbons (Fsp3) is 0.381. The lowest BCUT2D eigenvalue weighted by Gasteiger charge is -2.29. The van der Waals surface area contributed by atoms with Gasteiger partial charge in [-0.2, -0.15) is 4.31 Å². The number of carbonyl (C=O) groups excluding carboxylic acids is 1. The van der Waals surface area contributed by atoms with E-state index < -0.39 is 26.0 Å². The molecule has 1 aliphatic rings. The Labute approximate surface area is 183 Å². The monoisotopic (exact) mass is 465 g/mol. The van der Waals surface area contributed by atoms with Crippen LogP contribution in [0, 0.1) is 5.92 Å². The van der Waals surface area contributed by atoms with Crippen LogP contribution in [-0.2, 0) is 26.5 Å². The van der Waals surface area contributed by atoms with Crippen LogP contribution in [0.4, 0.5) is 5.69 Å². The van der Waals surface area contributed by atoms with Gasteiger partial charge >= 0.3 is 0 Å². The van der Waals surface area contributed by atoms with Crippen molar-refractivity contribution in [1.82, 2.24) is 4.31 Å². The molecule has 0 aromatic heterocycles. The number of hydrogen-bond donors (Lipinski definition) is 2. The predicted molar refractivity (Wildman–Crippen MR) is 119 cm³/mol. The minimum absolute atomic E-state index is 0.0370. The maximum absolute atomic E-state index is 12.8. The molecule has 0 unspecified atom stereocenters. The third-order valence-electron chi connectivity index (χ3n) is 5.51. The van der Waals surface area contributed by atoms with Crippen LogP contribution in [0.3, 0.4) is 0 Å². The normalized spacial score (nSPS) is 16.2. The number of rotatable bonds is 6. The van der Waals surface area contributed by atoms with Crippen molar-refractivity contribution in [3.63, 3.8) is 0 Å². The minimum Gasteiger partial charge on any atom is -0.322 e. The van der Waals surface area contributed by atoms with Gasteiger partial charge in [0.15, 0.2) is 0 Å². The molecule has 0 spiro atoms. The van der Waals surface area contributed by atoms with E-state index in [0.717, 1.165) is 12.8 Å². The fourth-order valence-electron chi connectivity index (χ4n) is 3.55. The van der Waals surface area contributed by atoms with Crippen molar-refractivity contribution in [2.45, 2.75) is 42.9 Å². The largest absolute Gasteiger partial charge is 0.322 e. The lowest BCUT2D eigenvalue weighted by atomic mass is 10.0. The Morgan fingerprint density at radius 3 is 2.23 bits per heavy atom. The van der Waals surface area contributed by atoms with Gasteiger partial charge in [0.25, 0.3) is 5.91 Å². The zero-order valence-corrected chi connectivity index (χ0v) is 19.2. The van der Waals surface area contributed by atoms with Crippen LogP contribution in [-0.4, -0.2) is 40.1 Å². The molecule has 1 aliphatic heterocycles. The van der Waals surface area contributed by atoms with Gasteiger partial charge in [-0.3, -0.25) is 4.79 Å². The molecule has 2 aromatic carbocycles. The molecule has 168 valence electrons. The highest BCUT2D eigenvalue weighted by Gasteiger charge is 2.28. The van der Waals surface area contributed by atoms with E-state index >= 15 is 0 Å². The molecule has 1 fully saturated rings. The Morgan fingerprint density at radius 1 is 1.06 bits per heavy atom. The zero-order valence-electron chi connectivity index (χ0n) is 17.5. The first-order chi connectivity index (χ1) is 14.5. The number of piperidine rings is 1. The van der Waals surface area contributed by atoms with E-state index in [1.54, 1.807) is 12.1 Å². The number of nitrogens with one attached hydrogen (secondary N) is 1. The number of nitrogens with two attached hydrogens (primary N) is 1. The van der Waals surface area contributed by atoms with Crippen LogP contribution in [0.1, 0.15) is 42.6 Å². The maximum atomic E-state index is 12.8. The van der Waals surface area contributed by atoms with Crippen LogP contribution >= 0.6 is 0 Å². The van der Waals surface area contributed by atoms with E-state index in [1.165, 1.54) is 34.6 Å². The van der Waals surface area contributed by atoms with Gasteiger partial charge in [0.1, 0.15) is 0 Å². The Kier molecular flexibility index (Phi) is 6.85. The van der Waals surface area contributed by atoms with Gasteiger partial charge in [-0.1, -0.05) is 19.9 Å². The number of benzene rings is 2.